The number of nitrogens with one attached hydrogen (secondary N) is 1. The first-order valence-corrected chi connectivity index (χ1v) is 7.53. The Morgan fingerprint density at radius 1 is 1.18 bits per heavy atom. The third-order valence-electron chi connectivity index (χ3n) is 4.05. The lowest BCUT2D eigenvalue weighted by molar-refractivity contribution is -0.681. The molecule has 0 unspecified atom stereocenters. The number of nitrogens with two attached hydrogens (primary N) is 1. The Hall–Kier alpha value is -2.20. The second kappa shape index (κ2) is 6.71. The predicted molar refractivity (Wildman–Crippen MR) is 86.3 cm³/mol. The fourth-order valence-electron chi connectivity index (χ4n) is 2.84. The van der Waals surface area contributed by atoms with E-state index in [9.17, 15) is 9.59 Å². The van der Waals surface area contributed by atoms with Gasteiger partial charge in [0, 0.05) is 16.8 Å². The fraction of sp³-hybridized carbons (Fsp3) is 0.333. The van der Waals surface area contributed by atoms with Crippen LogP contribution in [0.25, 0.3) is 0 Å². The molecule has 1 heterocycles. The molecule has 4 heteroatoms. The molecule has 2 rings (SSSR count). The van der Waals surface area contributed by atoms with E-state index in [1.54, 1.807) is 0 Å². The predicted octanol–water partition coefficient (Wildman–Crippen LogP) is 2.34. The zero-order valence-electron chi connectivity index (χ0n) is 13.6. The van der Waals surface area contributed by atoms with E-state index < -0.39 is 0 Å². The molecular weight excluding hydrogens is 276 g/mol. The number of carbonyl (C=O) groups is 2. The minimum atomic E-state index is -0.00747. The molecule has 0 bridgehead atoms. The Kier molecular flexibility index (Phi) is 4.93. The van der Waals surface area contributed by atoms with E-state index in [1.165, 1.54) is 12.5 Å². The lowest BCUT2D eigenvalue weighted by Gasteiger charge is -2.10. The number of H-pyrrole nitrogens is 1. The van der Waals surface area contributed by atoms with Gasteiger partial charge in [0.05, 0.1) is 5.69 Å². The van der Waals surface area contributed by atoms with E-state index in [0.717, 1.165) is 11.3 Å². The number of aromatic nitrogens is 1. The van der Waals surface area contributed by atoms with Crippen LogP contribution in [0.2, 0.25) is 0 Å². The van der Waals surface area contributed by atoms with Crippen molar-refractivity contribution in [2.45, 2.75) is 33.7 Å². The maximum Gasteiger partial charge on any atom is 0.233 e. The number of quaternary nitrogens is 1. The first-order valence-electron chi connectivity index (χ1n) is 7.53. The van der Waals surface area contributed by atoms with Crippen molar-refractivity contribution >= 4 is 11.6 Å². The Bertz CT molecular complexity index is 687. The van der Waals surface area contributed by atoms with Crippen LogP contribution < -0.4 is 5.32 Å². The average Bonchev–Trinajstić information content (AvgIpc) is 2.80. The maximum atomic E-state index is 12.4. The van der Waals surface area contributed by atoms with Crippen LogP contribution >= 0.6 is 0 Å². The van der Waals surface area contributed by atoms with Gasteiger partial charge in [-0.25, -0.2) is 0 Å². The Balaban J connectivity index is 2.07. The Morgan fingerprint density at radius 2 is 1.82 bits per heavy atom. The van der Waals surface area contributed by atoms with E-state index in [0.29, 0.717) is 17.8 Å². The van der Waals surface area contributed by atoms with Crippen molar-refractivity contribution < 1.29 is 14.9 Å². The zero-order valence-corrected chi connectivity index (χ0v) is 13.6. The largest absolute Gasteiger partial charge is 0.355 e. The average molecular weight is 299 g/mol. The van der Waals surface area contributed by atoms with Gasteiger partial charge in [0.15, 0.2) is 5.78 Å². The van der Waals surface area contributed by atoms with E-state index in [4.69, 9.17) is 0 Å². The number of rotatable bonds is 6. The molecule has 0 amide bonds. The normalized spacial score (nSPS) is 12.2. The first-order chi connectivity index (χ1) is 10.4. The molecule has 4 nitrogen and oxygen atoms in total. The summed E-state index contributed by atoms with van der Waals surface area (Å²) in [4.78, 5) is 27.1. The van der Waals surface area contributed by atoms with Crippen LogP contribution in [0.1, 0.15) is 57.6 Å². The van der Waals surface area contributed by atoms with Crippen molar-refractivity contribution in [3.63, 3.8) is 0 Å². The van der Waals surface area contributed by atoms with Crippen LogP contribution in [0.5, 0.6) is 0 Å². The van der Waals surface area contributed by atoms with Crippen molar-refractivity contribution in [1.29, 1.82) is 0 Å². The highest BCUT2D eigenvalue weighted by atomic mass is 16.1. The standard InChI is InChI=1S/C18H22N2O2/c1-11-17(14(4)21)13(3)20-18(11)16(22)10-19-12(2)15-8-6-5-7-9-15/h5-9,12,19-20H,10H2,1-4H3/p+1/t12-/m0/s1. The van der Waals surface area contributed by atoms with Crippen molar-refractivity contribution in [2.75, 3.05) is 6.54 Å². The molecule has 0 spiro atoms. The van der Waals surface area contributed by atoms with Crippen molar-refractivity contribution in [1.82, 2.24) is 4.98 Å². The maximum absolute atomic E-state index is 12.4. The molecule has 2 aromatic rings. The van der Waals surface area contributed by atoms with Gasteiger partial charge in [-0.3, -0.25) is 9.59 Å². The van der Waals surface area contributed by atoms with E-state index >= 15 is 0 Å². The number of benzene rings is 1. The second-order valence-corrected chi connectivity index (χ2v) is 5.74. The second-order valence-electron chi connectivity index (χ2n) is 5.74. The lowest BCUT2D eigenvalue weighted by atomic mass is 10.0. The summed E-state index contributed by atoms with van der Waals surface area (Å²) < 4.78 is 0. The molecule has 116 valence electrons. The summed E-state index contributed by atoms with van der Waals surface area (Å²) in [5, 5.41) is 2.01. The number of hydrogen-bond donors (Lipinski definition) is 2. The van der Waals surface area contributed by atoms with Gasteiger partial charge in [-0.15, -0.1) is 0 Å². The van der Waals surface area contributed by atoms with Gasteiger partial charge < -0.3 is 10.3 Å². The molecule has 0 fully saturated rings. The number of Topliss-reactive ketones (excluding diaryl/α,β-unsaturated/α-hetero) is 2. The van der Waals surface area contributed by atoms with Gasteiger partial charge in [0.2, 0.25) is 5.78 Å². The number of carbonyl (C=O) groups excluding carboxylic acids is 2. The highest BCUT2D eigenvalue weighted by molar-refractivity contribution is 6.03. The van der Waals surface area contributed by atoms with Gasteiger partial charge in [0.25, 0.3) is 0 Å². The summed E-state index contributed by atoms with van der Waals surface area (Å²) in [5.74, 6) is 0.0165. The summed E-state index contributed by atoms with van der Waals surface area (Å²) in [5.41, 5.74) is 3.91. The number of ketones is 2. The van der Waals surface area contributed by atoms with Gasteiger partial charge in [-0.05, 0) is 33.3 Å². The summed E-state index contributed by atoms with van der Waals surface area (Å²) in [6, 6.07) is 10.3. The van der Waals surface area contributed by atoms with E-state index in [2.05, 4.69) is 24.0 Å². The highest BCUT2D eigenvalue weighted by Crippen LogP contribution is 2.18. The first kappa shape index (κ1) is 16.2. The molecular formula is C18H23N2O2+. The van der Waals surface area contributed by atoms with Gasteiger partial charge in [-0.1, -0.05) is 30.3 Å². The molecule has 0 saturated heterocycles. The summed E-state index contributed by atoms with van der Waals surface area (Å²) in [6.07, 6.45) is 0. The minimum absolute atomic E-state index is 0.00747. The molecule has 0 aliphatic carbocycles. The highest BCUT2D eigenvalue weighted by Gasteiger charge is 2.21. The Labute approximate surface area is 130 Å². The Morgan fingerprint density at radius 3 is 2.36 bits per heavy atom. The van der Waals surface area contributed by atoms with Crippen LogP contribution in [-0.2, 0) is 0 Å². The van der Waals surface area contributed by atoms with Crippen molar-refractivity contribution in [3.8, 4) is 0 Å². The SMILES string of the molecule is CC(=O)c1c(C)[nH]c(C(=O)C[NH2+][C@@H](C)c2ccccc2)c1C. The molecule has 1 aromatic heterocycles. The fourth-order valence-corrected chi connectivity index (χ4v) is 2.84. The third-order valence-corrected chi connectivity index (χ3v) is 4.05. The minimum Gasteiger partial charge on any atom is -0.355 e. The van der Waals surface area contributed by atoms with Gasteiger partial charge >= 0.3 is 0 Å². The molecule has 22 heavy (non-hydrogen) atoms. The topological polar surface area (TPSA) is 66.5 Å². The monoisotopic (exact) mass is 299 g/mol. The molecule has 0 saturated carbocycles. The summed E-state index contributed by atoms with van der Waals surface area (Å²) in [7, 11) is 0. The number of aromatic amines is 1. The van der Waals surface area contributed by atoms with Crippen molar-refractivity contribution in [2.24, 2.45) is 0 Å². The van der Waals surface area contributed by atoms with Gasteiger partial charge in [-0.2, -0.15) is 0 Å². The molecule has 0 aliphatic rings. The quantitative estimate of drug-likeness (QED) is 0.804. The number of hydrogen-bond acceptors (Lipinski definition) is 2. The summed E-state index contributed by atoms with van der Waals surface area (Å²) in [6.45, 7) is 7.62. The molecule has 3 N–H and O–H groups in total. The van der Waals surface area contributed by atoms with Crippen LogP contribution in [0, 0.1) is 13.8 Å². The molecule has 1 aromatic carbocycles. The van der Waals surface area contributed by atoms with Gasteiger partial charge in [0.1, 0.15) is 12.6 Å². The summed E-state index contributed by atoms with van der Waals surface area (Å²) >= 11 is 0. The van der Waals surface area contributed by atoms with Crippen LogP contribution in [0.4, 0.5) is 0 Å². The lowest BCUT2D eigenvalue weighted by Crippen LogP contribution is -2.86. The van der Waals surface area contributed by atoms with Crippen LogP contribution in [0.3, 0.4) is 0 Å². The molecule has 0 radical (unpaired) electrons. The smallest absolute Gasteiger partial charge is 0.233 e. The van der Waals surface area contributed by atoms with Crippen LogP contribution in [0.15, 0.2) is 30.3 Å². The molecule has 0 aliphatic heterocycles. The van der Waals surface area contributed by atoms with E-state index in [1.807, 2.05) is 37.4 Å². The zero-order chi connectivity index (χ0) is 16.3. The molecule has 1 atom stereocenters. The van der Waals surface area contributed by atoms with E-state index in [-0.39, 0.29) is 17.6 Å². The third kappa shape index (κ3) is 3.34. The number of aryl methyl sites for hydroxylation is 1. The van der Waals surface area contributed by atoms with Crippen LogP contribution in [-0.4, -0.2) is 23.1 Å². The van der Waals surface area contributed by atoms with Crippen molar-refractivity contribution in [3.05, 3.63) is 58.4 Å².